The Morgan fingerprint density at radius 3 is 2.73 bits per heavy atom. The fourth-order valence-electron chi connectivity index (χ4n) is 4.91. The van der Waals surface area contributed by atoms with Crippen LogP contribution in [0.1, 0.15) is 31.9 Å². The molecule has 222 valence electrons. The number of nitrogens with one attached hydrogen (secondary N) is 1. The van der Waals surface area contributed by atoms with Gasteiger partial charge in [0, 0.05) is 32.0 Å². The Morgan fingerprint density at radius 1 is 1.23 bits per heavy atom. The second-order valence-electron chi connectivity index (χ2n) is 9.86. The standard InChI is InChI=1S/C23H33ClN5O10P/c1-40(33,37-13-35-23(32)28-8-10-34-11-9-28)39-36-12-16-17(30)18(31)21(38-16)29-7-6-15-19(25-14-4-2-3-5-14)26-22(24)27-20(15)29/h6-7,14,16-18,21,30-31H,2-5,8-13H2,1H3,(H,25,26,27)/t16-,17-,18-,21-,40?/m1/s1. The number of hydrogen-bond donors (Lipinski definition) is 3. The predicted molar refractivity (Wildman–Crippen MR) is 140 cm³/mol. The lowest BCUT2D eigenvalue weighted by Crippen LogP contribution is -2.41. The summed E-state index contributed by atoms with van der Waals surface area (Å²) in [5.41, 5.74) is 0.424. The molecule has 2 aromatic heterocycles. The van der Waals surface area contributed by atoms with Crippen LogP contribution in [0.3, 0.4) is 0 Å². The van der Waals surface area contributed by atoms with Crippen molar-refractivity contribution in [1.82, 2.24) is 19.4 Å². The number of amides is 1. The first-order valence-corrected chi connectivity index (χ1v) is 15.4. The highest BCUT2D eigenvalue weighted by Crippen LogP contribution is 2.44. The lowest BCUT2D eigenvalue weighted by molar-refractivity contribution is -0.241. The van der Waals surface area contributed by atoms with Gasteiger partial charge in [0.05, 0.1) is 18.6 Å². The van der Waals surface area contributed by atoms with Gasteiger partial charge < -0.3 is 39.2 Å². The average molecular weight is 606 g/mol. The lowest BCUT2D eigenvalue weighted by Gasteiger charge is -2.26. The first-order valence-electron chi connectivity index (χ1n) is 13.1. The van der Waals surface area contributed by atoms with Crippen molar-refractivity contribution in [1.29, 1.82) is 0 Å². The van der Waals surface area contributed by atoms with Gasteiger partial charge in [-0.3, -0.25) is 9.09 Å². The van der Waals surface area contributed by atoms with Crippen LogP contribution in [0.15, 0.2) is 12.3 Å². The summed E-state index contributed by atoms with van der Waals surface area (Å²) in [6, 6.07) is 2.08. The van der Waals surface area contributed by atoms with E-state index in [-0.39, 0.29) is 11.9 Å². The van der Waals surface area contributed by atoms with Crippen molar-refractivity contribution in [3.05, 3.63) is 17.5 Å². The molecule has 0 spiro atoms. The summed E-state index contributed by atoms with van der Waals surface area (Å²) in [5, 5.41) is 25.5. The number of hydrogen-bond acceptors (Lipinski definition) is 13. The Kier molecular flexibility index (Phi) is 9.45. The zero-order chi connectivity index (χ0) is 28.3. The van der Waals surface area contributed by atoms with Crippen LogP contribution in [0.2, 0.25) is 5.28 Å². The largest absolute Gasteiger partial charge is 0.422 e. The van der Waals surface area contributed by atoms with E-state index in [2.05, 4.69) is 15.3 Å². The molecular formula is C23H33ClN5O10P. The Hall–Kier alpha value is -2.07. The molecule has 1 unspecified atom stereocenters. The van der Waals surface area contributed by atoms with Gasteiger partial charge in [-0.05, 0) is 30.5 Å². The van der Waals surface area contributed by atoms with Crippen LogP contribution in [0, 0.1) is 0 Å². The third kappa shape index (κ3) is 6.86. The van der Waals surface area contributed by atoms with Gasteiger partial charge in [-0.1, -0.05) is 12.8 Å². The number of carbonyl (C=O) groups excluding carboxylic acids is 1. The van der Waals surface area contributed by atoms with Gasteiger partial charge >= 0.3 is 13.7 Å². The quantitative estimate of drug-likeness (QED) is 0.118. The monoisotopic (exact) mass is 605 g/mol. The minimum atomic E-state index is -3.79. The molecule has 17 heteroatoms. The minimum Gasteiger partial charge on any atom is -0.422 e. The van der Waals surface area contributed by atoms with E-state index >= 15 is 0 Å². The number of fused-ring (bicyclic) bond motifs is 1. The van der Waals surface area contributed by atoms with Gasteiger partial charge in [0.1, 0.15) is 36.4 Å². The summed E-state index contributed by atoms with van der Waals surface area (Å²) in [6.07, 6.45) is 0.671. The van der Waals surface area contributed by atoms with Gasteiger partial charge in [0.15, 0.2) is 6.23 Å². The first-order chi connectivity index (χ1) is 19.2. The molecule has 0 aromatic carbocycles. The van der Waals surface area contributed by atoms with Gasteiger partial charge in [-0.2, -0.15) is 4.98 Å². The van der Waals surface area contributed by atoms with E-state index < -0.39 is 45.0 Å². The van der Waals surface area contributed by atoms with Gasteiger partial charge in [0.2, 0.25) is 12.1 Å². The van der Waals surface area contributed by atoms with E-state index in [4.69, 9.17) is 39.9 Å². The molecule has 1 aliphatic carbocycles. The molecular weight excluding hydrogens is 573 g/mol. The first kappa shape index (κ1) is 29.4. The number of carbonyl (C=O) groups is 1. The molecule has 0 bridgehead atoms. The molecule has 15 nitrogen and oxygen atoms in total. The van der Waals surface area contributed by atoms with Crippen LogP contribution < -0.4 is 5.32 Å². The zero-order valence-corrected chi connectivity index (χ0v) is 23.5. The van der Waals surface area contributed by atoms with Crippen molar-refractivity contribution in [3.63, 3.8) is 0 Å². The number of aliphatic hydroxyl groups excluding tert-OH is 2. The van der Waals surface area contributed by atoms with Crippen molar-refractivity contribution in [2.45, 2.75) is 56.3 Å². The molecule has 5 atom stereocenters. The third-order valence-corrected chi connectivity index (χ3v) is 8.13. The molecule has 5 rings (SSSR count). The smallest absolute Gasteiger partial charge is 0.412 e. The van der Waals surface area contributed by atoms with Crippen LogP contribution >= 0.6 is 19.2 Å². The van der Waals surface area contributed by atoms with Crippen LogP contribution in [-0.4, -0.2) is 106 Å². The predicted octanol–water partition coefficient (Wildman–Crippen LogP) is 2.27. The number of aliphatic hydroxyl groups is 2. The molecule has 0 radical (unpaired) electrons. The van der Waals surface area contributed by atoms with Gasteiger partial charge in [-0.25, -0.2) is 14.7 Å². The van der Waals surface area contributed by atoms with Crippen LogP contribution in [0.5, 0.6) is 0 Å². The van der Waals surface area contributed by atoms with E-state index in [0.29, 0.717) is 49.2 Å². The summed E-state index contributed by atoms with van der Waals surface area (Å²) in [6.45, 7) is 1.72. The van der Waals surface area contributed by atoms with E-state index in [1.54, 1.807) is 16.8 Å². The molecule has 2 aliphatic heterocycles. The normalized spacial score (nSPS) is 27.2. The Bertz CT molecular complexity index is 1220. The second kappa shape index (κ2) is 12.8. The number of ether oxygens (including phenoxy) is 3. The maximum absolute atomic E-state index is 12.5. The number of anilines is 1. The highest BCUT2D eigenvalue weighted by atomic mass is 35.5. The average Bonchev–Trinajstić information content (AvgIpc) is 3.66. The fourth-order valence-corrected chi connectivity index (χ4v) is 5.61. The number of rotatable bonds is 10. The second-order valence-corrected chi connectivity index (χ2v) is 12.1. The molecule has 3 fully saturated rings. The van der Waals surface area contributed by atoms with Gasteiger partial charge in [0.25, 0.3) is 0 Å². The molecule has 1 saturated carbocycles. The topological polar surface area (TPSA) is 176 Å². The summed E-state index contributed by atoms with van der Waals surface area (Å²) in [7, 11) is -3.79. The Morgan fingerprint density at radius 2 is 1.98 bits per heavy atom. The Labute approximate surface area is 235 Å². The van der Waals surface area contributed by atoms with Crippen LogP contribution in [0.4, 0.5) is 10.6 Å². The highest BCUT2D eigenvalue weighted by Gasteiger charge is 2.45. The van der Waals surface area contributed by atoms with Gasteiger partial charge in [-0.15, -0.1) is 4.67 Å². The molecule has 4 heterocycles. The molecule has 3 aliphatic rings. The molecule has 1 amide bonds. The SMILES string of the molecule is CP(=O)(OCOC(=O)N1CCOCC1)OOC[C@H]1O[C@@H](n2ccc3c(NC4CCCC4)nc(Cl)nc32)[C@H](O)[C@@H]1O. The van der Waals surface area contributed by atoms with E-state index in [0.717, 1.165) is 32.3 Å². The third-order valence-electron chi connectivity index (χ3n) is 7.01. The number of morpholine rings is 1. The molecule has 2 saturated heterocycles. The summed E-state index contributed by atoms with van der Waals surface area (Å²) in [4.78, 5) is 27.1. The van der Waals surface area contributed by atoms with Crippen molar-refractivity contribution in [3.8, 4) is 0 Å². The maximum atomic E-state index is 12.5. The zero-order valence-electron chi connectivity index (χ0n) is 21.9. The van der Waals surface area contributed by atoms with Crippen molar-refractivity contribution in [2.24, 2.45) is 0 Å². The number of aromatic nitrogens is 3. The van der Waals surface area contributed by atoms with Crippen LogP contribution in [0.25, 0.3) is 11.0 Å². The Balaban J connectivity index is 1.14. The van der Waals surface area contributed by atoms with Crippen molar-refractivity contribution >= 4 is 42.1 Å². The fraction of sp³-hybridized carbons (Fsp3) is 0.696. The highest BCUT2D eigenvalue weighted by molar-refractivity contribution is 7.52. The molecule has 3 N–H and O–H groups in total. The summed E-state index contributed by atoms with van der Waals surface area (Å²) in [5.74, 6) is 0.594. The summed E-state index contributed by atoms with van der Waals surface area (Å²) < 4.78 is 39.9. The lowest BCUT2D eigenvalue weighted by atomic mass is 10.1. The number of halogens is 1. The van der Waals surface area contributed by atoms with E-state index in [1.807, 2.05) is 0 Å². The maximum Gasteiger partial charge on any atom is 0.412 e. The molecule has 2 aromatic rings. The van der Waals surface area contributed by atoms with E-state index in [9.17, 15) is 19.6 Å². The van der Waals surface area contributed by atoms with Crippen LogP contribution in [-0.2, 0) is 32.9 Å². The number of nitrogens with zero attached hydrogens (tertiary/aromatic N) is 4. The van der Waals surface area contributed by atoms with E-state index in [1.165, 1.54) is 4.90 Å². The minimum absolute atomic E-state index is 0.0311. The summed E-state index contributed by atoms with van der Waals surface area (Å²) >= 11 is 6.20. The van der Waals surface area contributed by atoms with Crippen molar-refractivity contribution in [2.75, 3.05) is 51.7 Å². The van der Waals surface area contributed by atoms with Crippen molar-refractivity contribution < 1.29 is 47.9 Å². The molecule has 40 heavy (non-hydrogen) atoms.